The summed E-state index contributed by atoms with van der Waals surface area (Å²) in [5.41, 5.74) is 2.90. The quantitative estimate of drug-likeness (QED) is 0.796. The van der Waals surface area contributed by atoms with Crippen LogP contribution in [0.3, 0.4) is 0 Å². The summed E-state index contributed by atoms with van der Waals surface area (Å²) in [6.07, 6.45) is 9.14. The van der Waals surface area contributed by atoms with Gasteiger partial charge in [-0.25, -0.2) is 0 Å². The number of benzene rings is 1. The third-order valence-corrected chi connectivity index (χ3v) is 6.59. The number of nitrogens with zero attached hydrogens (tertiary/aromatic N) is 1. The summed E-state index contributed by atoms with van der Waals surface area (Å²) in [6.45, 7) is 4.48. The van der Waals surface area contributed by atoms with E-state index in [1.54, 1.807) is 0 Å². The Bertz CT molecular complexity index is 604. The number of amides is 1. The zero-order valence-corrected chi connectivity index (χ0v) is 16.8. The van der Waals surface area contributed by atoms with Crippen molar-refractivity contribution >= 4 is 18.3 Å². The fourth-order valence-corrected chi connectivity index (χ4v) is 4.80. The summed E-state index contributed by atoms with van der Waals surface area (Å²) in [5.74, 6) is 1.85. The topological polar surface area (TPSA) is 32.3 Å². The van der Waals surface area contributed by atoms with Gasteiger partial charge in [0.25, 0.3) is 0 Å². The third kappa shape index (κ3) is 4.43. The lowest BCUT2D eigenvalue weighted by molar-refractivity contribution is -0.136. The lowest BCUT2D eigenvalue weighted by atomic mass is 9.73. The van der Waals surface area contributed by atoms with Gasteiger partial charge in [-0.05, 0) is 87.9 Å². The number of rotatable bonds is 6. The van der Waals surface area contributed by atoms with Crippen LogP contribution in [0.2, 0.25) is 0 Å². The van der Waals surface area contributed by atoms with Crippen LogP contribution >= 0.6 is 12.4 Å². The zero-order chi connectivity index (χ0) is 17.2. The maximum Gasteiger partial charge on any atom is 0.223 e. The Morgan fingerprint density at radius 2 is 1.77 bits per heavy atom. The van der Waals surface area contributed by atoms with Gasteiger partial charge in [-0.2, -0.15) is 0 Å². The van der Waals surface area contributed by atoms with Gasteiger partial charge in [0.05, 0.1) is 0 Å². The Kier molecular flexibility index (Phi) is 6.63. The first-order valence-electron chi connectivity index (χ1n) is 10.3. The monoisotopic (exact) mass is 376 g/mol. The van der Waals surface area contributed by atoms with E-state index < -0.39 is 0 Å². The van der Waals surface area contributed by atoms with E-state index in [0.29, 0.717) is 23.9 Å². The van der Waals surface area contributed by atoms with Crippen molar-refractivity contribution in [2.45, 2.75) is 76.3 Å². The molecule has 1 N–H and O–H groups in total. The van der Waals surface area contributed by atoms with Crippen LogP contribution in [-0.4, -0.2) is 36.0 Å². The average Bonchev–Trinajstić information content (AvgIpc) is 3.42. The number of halogens is 1. The molecule has 0 radical (unpaired) electrons. The first-order valence-corrected chi connectivity index (χ1v) is 10.3. The molecule has 1 aliphatic heterocycles. The van der Waals surface area contributed by atoms with E-state index in [1.165, 1.54) is 49.7 Å². The van der Waals surface area contributed by atoms with Crippen molar-refractivity contribution in [2.24, 2.45) is 5.92 Å². The SMILES string of the molecule is Cc1ccccc1C1CC(N(C(=O)CCC2CCNCC2)C2CC2)C1.Cl. The summed E-state index contributed by atoms with van der Waals surface area (Å²) >= 11 is 0. The predicted octanol–water partition coefficient (Wildman–Crippen LogP) is 4.43. The summed E-state index contributed by atoms with van der Waals surface area (Å²) in [7, 11) is 0. The Labute approximate surface area is 164 Å². The second kappa shape index (κ2) is 8.75. The molecule has 1 amide bonds. The van der Waals surface area contributed by atoms with Crippen molar-refractivity contribution < 1.29 is 4.79 Å². The van der Waals surface area contributed by atoms with Gasteiger partial charge in [-0.15, -0.1) is 12.4 Å². The standard InChI is InChI=1S/C22H32N2O.ClH/c1-16-4-2-3-5-21(16)18-14-20(15-18)24(19-7-8-19)22(25)9-6-17-10-12-23-13-11-17;/h2-5,17-20,23H,6-15H2,1H3;1H. The first kappa shape index (κ1) is 19.7. The van der Waals surface area contributed by atoms with Crippen molar-refractivity contribution in [3.05, 3.63) is 35.4 Å². The van der Waals surface area contributed by atoms with Gasteiger partial charge >= 0.3 is 0 Å². The van der Waals surface area contributed by atoms with Gasteiger partial charge in [0.1, 0.15) is 0 Å². The largest absolute Gasteiger partial charge is 0.337 e. The Morgan fingerprint density at radius 3 is 2.42 bits per heavy atom. The number of piperidine rings is 1. The molecule has 3 fully saturated rings. The summed E-state index contributed by atoms with van der Waals surface area (Å²) in [4.78, 5) is 15.2. The molecule has 2 saturated carbocycles. The van der Waals surface area contributed by atoms with E-state index in [0.717, 1.165) is 31.8 Å². The molecule has 1 aromatic carbocycles. The number of carbonyl (C=O) groups is 1. The van der Waals surface area contributed by atoms with E-state index in [-0.39, 0.29) is 12.4 Å². The van der Waals surface area contributed by atoms with Crippen molar-refractivity contribution in [2.75, 3.05) is 13.1 Å². The van der Waals surface area contributed by atoms with Gasteiger partial charge in [0.2, 0.25) is 5.91 Å². The maximum atomic E-state index is 12.9. The minimum Gasteiger partial charge on any atom is -0.337 e. The first-order chi connectivity index (χ1) is 12.2. The molecule has 0 aromatic heterocycles. The molecule has 4 rings (SSSR count). The van der Waals surface area contributed by atoms with Crippen LogP contribution in [0.5, 0.6) is 0 Å². The van der Waals surface area contributed by atoms with Gasteiger partial charge in [0, 0.05) is 18.5 Å². The molecule has 2 aliphatic carbocycles. The fourth-order valence-electron chi connectivity index (χ4n) is 4.80. The van der Waals surface area contributed by atoms with Gasteiger partial charge in [-0.3, -0.25) is 4.79 Å². The fraction of sp³-hybridized carbons (Fsp3) is 0.682. The second-order valence-electron chi connectivity index (χ2n) is 8.44. The van der Waals surface area contributed by atoms with Crippen LogP contribution in [-0.2, 0) is 4.79 Å². The van der Waals surface area contributed by atoms with Crippen LogP contribution in [0.4, 0.5) is 0 Å². The van der Waals surface area contributed by atoms with E-state index in [4.69, 9.17) is 0 Å². The highest BCUT2D eigenvalue weighted by Gasteiger charge is 2.43. The van der Waals surface area contributed by atoms with Crippen molar-refractivity contribution in [1.82, 2.24) is 10.2 Å². The van der Waals surface area contributed by atoms with E-state index in [9.17, 15) is 4.79 Å². The average molecular weight is 377 g/mol. The van der Waals surface area contributed by atoms with E-state index in [2.05, 4.69) is 41.4 Å². The number of nitrogens with one attached hydrogen (secondary N) is 1. The molecule has 4 heteroatoms. The van der Waals surface area contributed by atoms with Crippen LogP contribution in [0.25, 0.3) is 0 Å². The molecule has 1 saturated heterocycles. The smallest absolute Gasteiger partial charge is 0.223 e. The molecule has 0 bridgehead atoms. The maximum absolute atomic E-state index is 12.9. The molecule has 0 unspecified atom stereocenters. The highest BCUT2D eigenvalue weighted by Crippen LogP contribution is 2.44. The van der Waals surface area contributed by atoms with Gasteiger partial charge in [-0.1, -0.05) is 24.3 Å². The minimum atomic E-state index is 0. The normalized spacial score (nSPS) is 25.9. The highest BCUT2D eigenvalue weighted by atomic mass is 35.5. The molecule has 0 spiro atoms. The van der Waals surface area contributed by atoms with Crippen LogP contribution < -0.4 is 5.32 Å². The number of aryl methyl sites for hydroxylation is 1. The lowest BCUT2D eigenvalue weighted by Crippen LogP contribution is -2.48. The number of hydrogen-bond acceptors (Lipinski definition) is 2. The van der Waals surface area contributed by atoms with Gasteiger partial charge < -0.3 is 10.2 Å². The Balaban J connectivity index is 0.00000196. The molecule has 3 nitrogen and oxygen atoms in total. The van der Waals surface area contributed by atoms with E-state index >= 15 is 0 Å². The Hall–Kier alpha value is -1.06. The van der Waals surface area contributed by atoms with Crippen molar-refractivity contribution in [3.8, 4) is 0 Å². The minimum absolute atomic E-state index is 0. The van der Waals surface area contributed by atoms with E-state index in [1.807, 2.05) is 0 Å². The molecule has 1 aromatic rings. The van der Waals surface area contributed by atoms with Crippen LogP contribution in [0, 0.1) is 12.8 Å². The molecule has 1 heterocycles. The second-order valence-corrected chi connectivity index (χ2v) is 8.44. The lowest BCUT2D eigenvalue weighted by Gasteiger charge is -2.44. The highest BCUT2D eigenvalue weighted by molar-refractivity contribution is 5.85. The number of hydrogen-bond donors (Lipinski definition) is 1. The van der Waals surface area contributed by atoms with Crippen molar-refractivity contribution in [3.63, 3.8) is 0 Å². The molecular formula is C22H33ClN2O. The summed E-state index contributed by atoms with van der Waals surface area (Å²) < 4.78 is 0. The number of carbonyl (C=O) groups excluding carboxylic acids is 1. The summed E-state index contributed by atoms with van der Waals surface area (Å²) in [6, 6.07) is 9.82. The van der Waals surface area contributed by atoms with Gasteiger partial charge in [0.15, 0.2) is 0 Å². The predicted molar refractivity (Wildman–Crippen MR) is 109 cm³/mol. The van der Waals surface area contributed by atoms with Crippen LogP contribution in [0.15, 0.2) is 24.3 Å². The van der Waals surface area contributed by atoms with Crippen LogP contribution in [0.1, 0.15) is 68.4 Å². The third-order valence-electron chi connectivity index (χ3n) is 6.59. The molecule has 0 atom stereocenters. The zero-order valence-electron chi connectivity index (χ0n) is 16.0. The molecule has 144 valence electrons. The molecule has 3 aliphatic rings. The molecule has 26 heavy (non-hydrogen) atoms. The van der Waals surface area contributed by atoms with Crippen molar-refractivity contribution in [1.29, 1.82) is 0 Å². The summed E-state index contributed by atoms with van der Waals surface area (Å²) in [5, 5.41) is 3.42. The molecular weight excluding hydrogens is 344 g/mol. The Morgan fingerprint density at radius 1 is 1.08 bits per heavy atom.